The normalized spacial score (nSPS) is 19.8. The van der Waals surface area contributed by atoms with Crippen molar-refractivity contribution >= 4 is 6.08 Å². The first-order valence-electron chi connectivity index (χ1n) is 12.3. The summed E-state index contributed by atoms with van der Waals surface area (Å²) < 4.78 is 12.5. The van der Waals surface area contributed by atoms with Gasteiger partial charge < -0.3 is 9.47 Å². The van der Waals surface area contributed by atoms with Gasteiger partial charge in [0.2, 0.25) is 0 Å². The third-order valence-corrected chi connectivity index (χ3v) is 6.75. The molecule has 0 radical (unpaired) electrons. The lowest BCUT2D eigenvalue weighted by Gasteiger charge is -2.42. The SMILES string of the molecule is C(=C1\CCCCC1N1CCC1)/c1ccc(OCc2ccccc2)c(OCc2ccccc2)c1. The van der Waals surface area contributed by atoms with E-state index >= 15 is 0 Å². The first kappa shape index (κ1) is 21.8. The number of ether oxygens (including phenoxy) is 2. The zero-order valence-electron chi connectivity index (χ0n) is 19.3. The van der Waals surface area contributed by atoms with Crippen LogP contribution in [0.25, 0.3) is 6.08 Å². The van der Waals surface area contributed by atoms with Crippen LogP contribution in [-0.2, 0) is 13.2 Å². The van der Waals surface area contributed by atoms with Gasteiger partial charge in [-0.3, -0.25) is 4.90 Å². The predicted molar refractivity (Wildman–Crippen MR) is 134 cm³/mol. The van der Waals surface area contributed by atoms with Crippen molar-refractivity contribution in [3.63, 3.8) is 0 Å². The lowest BCUT2D eigenvalue weighted by Crippen LogP contribution is -2.46. The Hall–Kier alpha value is -3.04. The molecule has 5 rings (SSSR count). The van der Waals surface area contributed by atoms with E-state index in [9.17, 15) is 0 Å². The standard InChI is InChI=1S/C30H33NO2/c1-3-10-24(11-4-1)22-32-29-17-16-26(21-30(29)33-23-25-12-5-2-6-13-25)20-27-14-7-8-15-28(27)31-18-9-19-31/h1-6,10-13,16-17,20-21,28H,7-9,14-15,18-19,22-23H2/b27-20-. The number of nitrogens with zero attached hydrogens (tertiary/aromatic N) is 1. The first-order chi connectivity index (χ1) is 16.3. The van der Waals surface area contributed by atoms with Crippen LogP contribution < -0.4 is 9.47 Å². The van der Waals surface area contributed by atoms with E-state index < -0.39 is 0 Å². The van der Waals surface area contributed by atoms with Gasteiger partial charge in [0.15, 0.2) is 11.5 Å². The molecule has 0 N–H and O–H groups in total. The van der Waals surface area contributed by atoms with Crippen molar-refractivity contribution in [1.29, 1.82) is 0 Å². The van der Waals surface area contributed by atoms with Crippen LogP contribution in [0, 0.1) is 0 Å². The maximum Gasteiger partial charge on any atom is 0.162 e. The second kappa shape index (κ2) is 10.7. The summed E-state index contributed by atoms with van der Waals surface area (Å²) >= 11 is 0. The van der Waals surface area contributed by atoms with E-state index in [1.54, 1.807) is 5.57 Å². The van der Waals surface area contributed by atoms with E-state index in [-0.39, 0.29) is 0 Å². The average molecular weight is 440 g/mol. The molecule has 2 fully saturated rings. The number of hydrogen-bond donors (Lipinski definition) is 0. The Morgan fingerprint density at radius 3 is 2.03 bits per heavy atom. The molecule has 1 atom stereocenters. The maximum absolute atomic E-state index is 6.28. The third kappa shape index (κ3) is 5.66. The van der Waals surface area contributed by atoms with Crippen molar-refractivity contribution in [3.05, 3.63) is 101 Å². The van der Waals surface area contributed by atoms with Gasteiger partial charge in [0.25, 0.3) is 0 Å². The van der Waals surface area contributed by atoms with Gasteiger partial charge in [-0.25, -0.2) is 0 Å². The summed E-state index contributed by atoms with van der Waals surface area (Å²) in [6.45, 7) is 3.55. The average Bonchev–Trinajstić information content (AvgIpc) is 2.83. The van der Waals surface area contributed by atoms with Crippen LogP contribution in [0.3, 0.4) is 0 Å². The highest BCUT2D eigenvalue weighted by Crippen LogP contribution is 2.35. The molecule has 3 aromatic rings. The molecule has 1 heterocycles. The molecule has 0 amide bonds. The zero-order valence-corrected chi connectivity index (χ0v) is 19.3. The molecule has 0 bridgehead atoms. The van der Waals surface area contributed by atoms with Crippen molar-refractivity contribution in [2.75, 3.05) is 13.1 Å². The van der Waals surface area contributed by atoms with Gasteiger partial charge in [0.05, 0.1) is 0 Å². The van der Waals surface area contributed by atoms with Gasteiger partial charge in [-0.2, -0.15) is 0 Å². The summed E-state index contributed by atoms with van der Waals surface area (Å²) in [6, 6.07) is 27.6. The summed E-state index contributed by atoms with van der Waals surface area (Å²) in [6.07, 6.45) is 8.88. The summed E-state index contributed by atoms with van der Waals surface area (Å²) in [5.41, 5.74) is 5.08. The van der Waals surface area contributed by atoms with Gasteiger partial charge in [-0.05, 0) is 67.6 Å². The third-order valence-electron chi connectivity index (χ3n) is 6.75. The van der Waals surface area contributed by atoms with Crippen LogP contribution >= 0.6 is 0 Å². The summed E-state index contributed by atoms with van der Waals surface area (Å²) in [5, 5.41) is 0. The van der Waals surface area contributed by atoms with Crippen LogP contribution in [0.2, 0.25) is 0 Å². The second-order valence-electron chi connectivity index (χ2n) is 9.13. The minimum Gasteiger partial charge on any atom is -0.485 e. The first-order valence-corrected chi connectivity index (χ1v) is 12.3. The molecule has 3 nitrogen and oxygen atoms in total. The number of rotatable bonds is 8. The fraction of sp³-hybridized carbons (Fsp3) is 0.333. The molecule has 1 aliphatic carbocycles. The van der Waals surface area contributed by atoms with Gasteiger partial charge in [-0.15, -0.1) is 0 Å². The maximum atomic E-state index is 6.28. The lowest BCUT2D eigenvalue weighted by molar-refractivity contribution is 0.121. The van der Waals surface area contributed by atoms with Crippen LogP contribution in [0.5, 0.6) is 11.5 Å². The van der Waals surface area contributed by atoms with Crippen molar-refractivity contribution in [1.82, 2.24) is 4.90 Å². The molecular formula is C30H33NO2. The molecule has 3 aromatic carbocycles. The molecule has 0 aromatic heterocycles. The highest BCUT2D eigenvalue weighted by molar-refractivity contribution is 5.59. The molecule has 170 valence electrons. The molecule has 3 heteroatoms. The molecular weight excluding hydrogens is 406 g/mol. The Kier molecular flexibility index (Phi) is 7.08. The van der Waals surface area contributed by atoms with Crippen LogP contribution in [-0.4, -0.2) is 24.0 Å². The number of benzene rings is 3. The number of hydrogen-bond acceptors (Lipinski definition) is 3. The molecule has 1 saturated carbocycles. The van der Waals surface area contributed by atoms with Gasteiger partial charge in [0, 0.05) is 6.04 Å². The van der Waals surface area contributed by atoms with Crippen molar-refractivity contribution < 1.29 is 9.47 Å². The van der Waals surface area contributed by atoms with E-state index in [4.69, 9.17) is 9.47 Å². The Labute approximate surface area is 197 Å². The van der Waals surface area contributed by atoms with Crippen LogP contribution in [0.1, 0.15) is 48.8 Å². The number of likely N-dealkylation sites (tertiary alicyclic amines) is 1. The van der Waals surface area contributed by atoms with Gasteiger partial charge in [-0.1, -0.05) is 84.8 Å². The van der Waals surface area contributed by atoms with E-state index in [1.807, 2.05) is 36.4 Å². The van der Waals surface area contributed by atoms with E-state index in [2.05, 4.69) is 53.4 Å². The molecule has 0 spiro atoms. The topological polar surface area (TPSA) is 21.7 Å². The Morgan fingerprint density at radius 2 is 1.39 bits per heavy atom. The van der Waals surface area contributed by atoms with Crippen molar-refractivity contribution in [3.8, 4) is 11.5 Å². The molecule has 33 heavy (non-hydrogen) atoms. The zero-order chi connectivity index (χ0) is 22.3. The smallest absolute Gasteiger partial charge is 0.162 e. The highest BCUT2D eigenvalue weighted by atomic mass is 16.5. The minimum atomic E-state index is 0.527. The van der Waals surface area contributed by atoms with Crippen LogP contribution in [0.15, 0.2) is 84.4 Å². The predicted octanol–water partition coefficient (Wildman–Crippen LogP) is 6.88. The largest absolute Gasteiger partial charge is 0.485 e. The second-order valence-corrected chi connectivity index (χ2v) is 9.13. The monoisotopic (exact) mass is 439 g/mol. The Bertz CT molecular complexity index is 1060. The molecule has 1 saturated heterocycles. The lowest BCUT2D eigenvalue weighted by atomic mass is 9.86. The van der Waals surface area contributed by atoms with E-state index in [1.165, 1.54) is 50.8 Å². The van der Waals surface area contributed by atoms with Gasteiger partial charge in [0.1, 0.15) is 13.2 Å². The fourth-order valence-corrected chi connectivity index (χ4v) is 4.79. The summed E-state index contributed by atoms with van der Waals surface area (Å²) in [7, 11) is 0. The highest BCUT2D eigenvalue weighted by Gasteiger charge is 2.28. The Morgan fingerprint density at radius 1 is 0.727 bits per heavy atom. The molecule has 2 aliphatic rings. The van der Waals surface area contributed by atoms with Crippen molar-refractivity contribution in [2.45, 2.75) is 51.4 Å². The van der Waals surface area contributed by atoms with Crippen molar-refractivity contribution in [2.24, 2.45) is 0 Å². The summed E-state index contributed by atoms with van der Waals surface area (Å²) in [5.74, 6) is 1.60. The minimum absolute atomic E-state index is 0.527. The Balaban J connectivity index is 1.37. The molecule has 1 unspecified atom stereocenters. The van der Waals surface area contributed by atoms with E-state index in [0.29, 0.717) is 19.3 Å². The van der Waals surface area contributed by atoms with Crippen LogP contribution in [0.4, 0.5) is 0 Å². The van der Waals surface area contributed by atoms with E-state index in [0.717, 1.165) is 22.6 Å². The quantitative estimate of drug-likeness (QED) is 0.382. The van der Waals surface area contributed by atoms with Gasteiger partial charge >= 0.3 is 0 Å². The molecule has 1 aliphatic heterocycles. The fourth-order valence-electron chi connectivity index (χ4n) is 4.79. The summed E-state index contributed by atoms with van der Waals surface area (Å²) in [4.78, 5) is 2.65.